The van der Waals surface area contributed by atoms with Crippen LogP contribution in [0.25, 0.3) is 0 Å². The van der Waals surface area contributed by atoms with Crippen molar-refractivity contribution in [3.8, 4) is 11.5 Å². The molecule has 2 amide bonds. The predicted octanol–water partition coefficient (Wildman–Crippen LogP) is 2.90. The van der Waals surface area contributed by atoms with Gasteiger partial charge in [-0.05, 0) is 42.4 Å². The zero-order chi connectivity index (χ0) is 19.8. The zero-order valence-corrected chi connectivity index (χ0v) is 16.8. The Balaban J connectivity index is 1.72. The minimum Gasteiger partial charge on any atom is -0.493 e. The van der Waals surface area contributed by atoms with E-state index in [4.69, 9.17) is 9.47 Å². The first-order chi connectivity index (χ1) is 12.9. The fourth-order valence-electron chi connectivity index (χ4n) is 2.75. The Morgan fingerprint density at radius 3 is 2.59 bits per heavy atom. The van der Waals surface area contributed by atoms with Crippen LogP contribution in [0.1, 0.15) is 45.6 Å². The van der Waals surface area contributed by atoms with Crippen LogP contribution in [0.4, 0.5) is 0 Å². The first-order valence-electron chi connectivity index (χ1n) is 9.74. The van der Waals surface area contributed by atoms with Gasteiger partial charge in [-0.15, -0.1) is 0 Å². The lowest BCUT2D eigenvalue weighted by Gasteiger charge is -2.13. The van der Waals surface area contributed by atoms with Crippen molar-refractivity contribution in [3.05, 3.63) is 23.8 Å². The number of nitrogens with one attached hydrogen (secondary N) is 2. The van der Waals surface area contributed by atoms with E-state index in [0.717, 1.165) is 18.4 Å². The van der Waals surface area contributed by atoms with Crippen molar-refractivity contribution in [1.29, 1.82) is 0 Å². The molecule has 0 heterocycles. The molecule has 0 aliphatic heterocycles. The van der Waals surface area contributed by atoms with E-state index in [-0.39, 0.29) is 24.2 Å². The van der Waals surface area contributed by atoms with E-state index in [1.54, 1.807) is 7.11 Å². The van der Waals surface area contributed by atoms with E-state index in [9.17, 15) is 9.59 Å². The molecule has 0 radical (unpaired) electrons. The van der Waals surface area contributed by atoms with Gasteiger partial charge in [-0.25, -0.2) is 0 Å². The molecule has 1 aromatic rings. The average molecular weight is 376 g/mol. The largest absolute Gasteiger partial charge is 0.493 e. The van der Waals surface area contributed by atoms with Gasteiger partial charge in [0.25, 0.3) is 0 Å². The normalized spacial score (nSPS) is 18.1. The number of hydrogen-bond donors (Lipinski definition) is 2. The molecule has 150 valence electrons. The van der Waals surface area contributed by atoms with Gasteiger partial charge in [0.1, 0.15) is 0 Å². The Kier molecular flexibility index (Phi) is 7.95. The van der Waals surface area contributed by atoms with E-state index in [0.29, 0.717) is 43.0 Å². The van der Waals surface area contributed by atoms with Crippen molar-refractivity contribution in [3.63, 3.8) is 0 Å². The van der Waals surface area contributed by atoms with Crippen LogP contribution >= 0.6 is 0 Å². The first kappa shape index (κ1) is 21.1. The number of hydrogen-bond acceptors (Lipinski definition) is 4. The monoisotopic (exact) mass is 376 g/mol. The summed E-state index contributed by atoms with van der Waals surface area (Å²) in [4.78, 5) is 23.7. The number of benzene rings is 1. The fraction of sp³-hybridized carbons (Fsp3) is 0.619. The summed E-state index contributed by atoms with van der Waals surface area (Å²) in [6.45, 7) is 7.81. The van der Waals surface area contributed by atoms with Gasteiger partial charge >= 0.3 is 0 Å². The van der Waals surface area contributed by atoms with Gasteiger partial charge in [0.2, 0.25) is 11.8 Å². The predicted molar refractivity (Wildman–Crippen MR) is 105 cm³/mol. The number of carbonyl (C=O) groups excluding carboxylic acids is 2. The summed E-state index contributed by atoms with van der Waals surface area (Å²) in [5.74, 6) is 2.56. The van der Waals surface area contributed by atoms with Crippen LogP contribution in [0.2, 0.25) is 0 Å². The lowest BCUT2D eigenvalue weighted by atomic mass is 10.1. The molecule has 1 aliphatic rings. The van der Waals surface area contributed by atoms with Crippen LogP contribution in [0.15, 0.2) is 18.2 Å². The summed E-state index contributed by atoms with van der Waals surface area (Å²) in [6, 6.07) is 5.67. The van der Waals surface area contributed by atoms with Gasteiger partial charge in [-0.2, -0.15) is 0 Å². The molecule has 1 aliphatic carbocycles. The second kappa shape index (κ2) is 10.2. The molecule has 2 atom stereocenters. The van der Waals surface area contributed by atoms with Crippen LogP contribution < -0.4 is 20.1 Å². The molecule has 0 bridgehead atoms. The van der Waals surface area contributed by atoms with Crippen molar-refractivity contribution in [2.45, 2.75) is 46.6 Å². The van der Waals surface area contributed by atoms with Crippen molar-refractivity contribution >= 4 is 11.8 Å². The third kappa shape index (κ3) is 7.12. The SMILES string of the molecule is COc1cc(CNC(=O)CCNC(=O)[C@@H]2C[C@H]2C)ccc1OCCC(C)C. The molecule has 0 aromatic heterocycles. The Morgan fingerprint density at radius 1 is 1.22 bits per heavy atom. The molecule has 6 heteroatoms. The number of carbonyl (C=O) groups is 2. The molecule has 1 saturated carbocycles. The number of ether oxygens (including phenoxy) is 2. The smallest absolute Gasteiger partial charge is 0.223 e. The molecular weight excluding hydrogens is 344 g/mol. The number of amides is 2. The average Bonchev–Trinajstić information content (AvgIpc) is 3.37. The molecule has 1 aromatic carbocycles. The number of rotatable bonds is 11. The van der Waals surface area contributed by atoms with E-state index >= 15 is 0 Å². The summed E-state index contributed by atoms with van der Waals surface area (Å²) in [7, 11) is 1.61. The Hall–Kier alpha value is -2.24. The first-order valence-corrected chi connectivity index (χ1v) is 9.74. The second-order valence-corrected chi connectivity index (χ2v) is 7.65. The molecule has 0 saturated heterocycles. The van der Waals surface area contributed by atoms with Gasteiger partial charge in [-0.3, -0.25) is 9.59 Å². The van der Waals surface area contributed by atoms with Crippen molar-refractivity contribution < 1.29 is 19.1 Å². The minimum atomic E-state index is -0.0876. The summed E-state index contributed by atoms with van der Waals surface area (Å²) in [6.07, 6.45) is 2.22. The van der Waals surface area contributed by atoms with Gasteiger partial charge in [0, 0.05) is 25.4 Å². The Labute approximate surface area is 162 Å². The van der Waals surface area contributed by atoms with E-state index in [1.165, 1.54) is 0 Å². The molecule has 27 heavy (non-hydrogen) atoms. The summed E-state index contributed by atoms with van der Waals surface area (Å²) < 4.78 is 11.2. The minimum absolute atomic E-state index is 0.0630. The maximum absolute atomic E-state index is 12.0. The highest BCUT2D eigenvalue weighted by molar-refractivity contribution is 5.82. The third-order valence-corrected chi connectivity index (χ3v) is 4.77. The Morgan fingerprint density at radius 2 is 1.96 bits per heavy atom. The van der Waals surface area contributed by atoms with Crippen LogP contribution in [-0.2, 0) is 16.1 Å². The second-order valence-electron chi connectivity index (χ2n) is 7.65. The third-order valence-electron chi connectivity index (χ3n) is 4.77. The van der Waals surface area contributed by atoms with Gasteiger partial charge in [0.15, 0.2) is 11.5 Å². The van der Waals surface area contributed by atoms with Gasteiger partial charge < -0.3 is 20.1 Å². The lowest BCUT2D eigenvalue weighted by Crippen LogP contribution is -2.31. The van der Waals surface area contributed by atoms with Crippen LogP contribution in [-0.4, -0.2) is 32.1 Å². The van der Waals surface area contributed by atoms with Crippen molar-refractivity contribution in [2.75, 3.05) is 20.3 Å². The molecular formula is C21H32N2O4. The molecule has 2 rings (SSSR count). The highest BCUT2D eigenvalue weighted by Gasteiger charge is 2.38. The maximum Gasteiger partial charge on any atom is 0.223 e. The standard InChI is InChI=1S/C21H32N2O4/c1-14(2)8-10-27-18-6-5-16(12-19(18)26-4)13-23-20(24)7-9-22-21(25)17-11-15(17)3/h5-6,12,14-15,17H,7-11,13H2,1-4H3,(H,22,25)(H,23,24)/t15-,17-/m1/s1. The van der Waals surface area contributed by atoms with E-state index < -0.39 is 0 Å². The quantitative estimate of drug-likeness (QED) is 0.623. The highest BCUT2D eigenvalue weighted by Crippen LogP contribution is 2.37. The fourth-order valence-corrected chi connectivity index (χ4v) is 2.75. The molecule has 2 N–H and O–H groups in total. The topological polar surface area (TPSA) is 76.7 Å². The van der Waals surface area contributed by atoms with E-state index in [2.05, 4.69) is 31.4 Å². The summed E-state index contributed by atoms with van der Waals surface area (Å²) in [5, 5.41) is 5.69. The molecule has 6 nitrogen and oxygen atoms in total. The van der Waals surface area contributed by atoms with Crippen molar-refractivity contribution in [1.82, 2.24) is 10.6 Å². The van der Waals surface area contributed by atoms with Crippen LogP contribution in [0, 0.1) is 17.8 Å². The summed E-state index contributed by atoms with van der Waals surface area (Å²) in [5.41, 5.74) is 0.937. The molecule has 1 fully saturated rings. The van der Waals surface area contributed by atoms with E-state index in [1.807, 2.05) is 18.2 Å². The van der Waals surface area contributed by atoms with Crippen LogP contribution in [0.5, 0.6) is 11.5 Å². The Bertz CT molecular complexity index is 645. The van der Waals surface area contributed by atoms with Gasteiger partial charge in [0.05, 0.1) is 13.7 Å². The molecule has 0 spiro atoms. The summed E-state index contributed by atoms with van der Waals surface area (Å²) >= 11 is 0. The van der Waals surface area contributed by atoms with Crippen molar-refractivity contribution in [2.24, 2.45) is 17.8 Å². The number of methoxy groups -OCH3 is 1. The molecule has 0 unspecified atom stereocenters. The van der Waals surface area contributed by atoms with Crippen LogP contribution in [0.3, 0.4) is 0 Å². The zero-order valence-electron chi connectivity index (χ0n) is 16.8. The highest BCUT2D eigenvalue weighted by atomic mass is 16.5. The van der Waals surface area contributed by atoms with Gasteiger partial charge in [-0.1, -0.05) is 26.8 Å². The maximum atomic E-state index is 12.0. The lowest BCUT2D eigenvalue weighted by molar-refractivity contribution is -0.123.